The highest BCUT2D eigenvalue weighted by molar-refractivity contribution is 6.05. The number of hydrogen-bond donors (Lipinski definition) is 1. The first-order valence-electron chi connectivity index (χ1n) is 7.99. The van der Waals surface area contributed by atoms with Crippen LogP contribution in [0.15, 0.2) is 53.5 Å². The second kappa shape index (κ2) is 4.96. The fourth-order valence-corrected chi connectivity index (χ4v) is 3.77. The van der Waals surface area contributed by atoms with Gasteiger partial charge in [0.2, 0.25) is 0 Å². The summed E-state index contributed by atoms with van der Waals surface area (Å²) in [5.74, 6) is 0.944. The van der Waals surface area contributed by atoms with Gasteiger partial charge in [0.15, 0.2) is 5.72 Å². The maximum Gasteiger partial charge on any atom is 0.193 e. The molecule has 22 heavy (non-hydrogen) atoms. The number of hydrogen-bond acceptors (Lipinski definition) is 3. The minimum Gasteiger partial charge on any atom is -0.363 e. The van der Waals surface area contributed by atoms with Gasteiger partial charge >= 0.3 is 0 Å². The summed E-state index contributed by atoms with van der Waals surface area (Å²) >= 11 is 0. The Morgan fingerprint density at radius 2 is 1.95 bits per heavy atom. The van der Waals surface area contributed by atoms with Gasteiger partial charge in [-0.2, -0.15) is 0 Å². The quantitative estimate of drug-likeness (QED) is 0.944. The molecule has 0 aliphatic carbocycles. The van der Waals surface area contributed by atoms with Crippen LogP contribution in [0.4, 0.5) is 0 Å². The van der Waals surface area contributed by atoms with Crippen molar-refractivity contribution in [1.82, 2.24) is 4.90 Å². The van der Waals surface area contributed by atoms with E-state index >= 15 is 0 Å². The van der Waals surface area contributed by atoms with Crippen LogP contribution in [0.25, 0.3) is 0 Å². The second-order valence-electron chi connectivity index (χ2n) is 5.98. The maximum atomic E-state index is 11.7. The molecule has 2 aromatic carbocycles. The molecule has 0 spiro atoms. The van der Waals surface area contributed by atoms with Crippen molar-refractivity contribution < 1.29 is 5.11 Å². The Morgan fingerprint density at radius 1 is 1.14 bits per heavy atom. The molecule has 1 atom stereocenters. The van der Waals surface area contributed by atoms with Gasteiger partial charge in [0.1, 0.15) is 5.84 Å². The van der Waals surface area contributed by atoms with Gasteiger partial charge in [-0.3, -0.25) is 4.99 Å². The first-order valence-corrected chi connectivity index (χ1v) is 7.99. The first-order chi connectivity index (χ1) is 10.8. The molecule has 4 rings (SSSR count). The number of rotatable bonds is 3. The van der Waals surface area contributed by atoms with Crippen molar-refractivity contribution >= 4 is 5.84 Å². The third-order valence-corrected chi connectivity index (χ3v) is 4.67. The van der Waals surface area contributed by atoms with E-state index in [1.165, 1.54) is 5.56 Å². The van der Waals surface area contributed by atoms with Crippen LogP contribution in [-0.4, -0.2) is 28.9 Å². The Kier molecular flexibility index (Phi) is 3.05. The van der Waals surface area contributed by atoms with Crippen molar-refractivity contribution in [2.75, 3.05) is 13.1 Å². The van der Waals surface area contributed by atoms with E-state index in [9.17, 15) is 5.11 Å². The van der Waals surface area contributed by atoms with Gasteiger partial charge in [-0.25, -0.2) is 0 Å². The number of benzene rings is 2. The average molecular weight is 292 g/mol. The van der Waals surface area contributed by atoms with Crippen molar-refractivity contribution in [3.8, 4) is 0 Å². The largest absolute Gasteiger partial charge is 0.363 e. The van der Waals surface area contributed by atoms with Crippen LogP contribution in [0.2, 0.25) is 0 Å². The van der Waals surface area contributed by atoms with Gasteiger partial charge in [0.05, 0.1) is 6.54 Å². The van der Waals surface area contributed by atoms with Crippen molar-refractivity contribution in [3.63, 3.8) is 0 Å². The fraction of sp³-hybridized carbons (Fsp3) is 0.316. The van der Waals surface area contributed by atoms with E-state index in [0.717, 1.165) is 48.5 Å². The first kappa shape index (κ1) is 13.5. The Labute approximate surface area is 130 Å². The molecule has 1 N–H and O–H groups in total. The maximum absolute atomic E-state index is 11.7. The lowest BCUT2D eigenvalue weighted by Crippen LogP contribution is -2.44. The van der Waals surface area contributed by atoms with Crippen molar-refractivity contribution in [2.45, 2.75) is 25.5 Å². The van der Waals surface area contributed by atoms with Crippen LogP contribution in [0.1, 0.15) is 35.6 Å². The highest BCUT2D eigenvalue weighted by Crippen LogP contribution is 2.45. The Morgan fingerprint density at radius 3 is 2.73 bits per heavy atom. The summed E-state index contributed by atoms with van der Waals surface area (Å²) in [7, 11) is 0. The van der Waals surface area contributed by atoms with Crippen LogP contribution in [0.3, 0.4) is 0 Å². The predicted octanol–water partition coefficient (Wildman–Crippen LogP) is 2.91. The van der Waals surface area contributed by atoms with Crippen LogP contribution in [0, 0.1) is 0 Å². The lowest BCUT2D eigenvalue weighted by Gasteiger charge is -2.34. The van der Waals surface area contributed by atoms with E-state index in [-0.39, 0.29) is 0 Å². The normalized spacial score (nSPS) is 22.5. The Bertz CT molecular complexity index is 738. The number of fused-ring (bicyclic) bond motifs is 3. The average Bonchev–Trinajstić information content (AvgIpc) is 3.12. The van der Waals surface area contributed by atoms with E-state index < -0.39 is 5.72 Å². The zero-order chi connectivity index (χ0) is 15.2. The molecule has 0 saturated carbocycles. The van der Waals surface area contributed by atoms with Crippen molar-refractivity contribution in [1.29, 1.82) is 0 Å². The zero-order valence-corrected chi connectivity index (χ0v) is 12.8. The number of aliphatic imine (C=N–C) groups is 1. The number of nitrogens with zero attached hydrogens (tertiary/aromatic N) is 2. The summed E-state index contributed by atoms with van der Waals surface area (Å²) in [6, 6.07) is 16.3. The molecule has 0 aromatic heterocycles. The minimum atomic E-state index is -1.09. The van der Waals surface area contributed by atoms with Crippen LogP contribution in [-0.2, 0) is 12.1 Å². The SMILES string of the molecule is CCCc1cccc2c1C(O)(c1ccccc1)N1CCN=C21. The molecule has 1 unspecified atom stereocenters. The molecule has 0 fully saturated rings. The summed E-state index contributed by atoms with van der Waals surface area (Å²) in [5.41, 5.74) is 3.18. The molecule has 112 valence electrons. The summed E-state index contributed by atoms with van der Waals surface area (Å²) in [5, 5.41) is 11.7. The summed E-state index contributed by atoms with van der Waals surface area (Å²) in [6.45, 7) is 3.69. The summed E-state index contributed by atoms with van der Waals surface area (Å²) in [4.78, 5) is 6.71. The van der Waals surface area contributed by atoms with E-state index in [0.29, 0.717) is 0 Å². The lowest BCUT2D eigenvalue weighted by molar-refractivity contribution is -0.0249. The molecule has 2 aliphatic heterocycles. The molecular formula is C19H20N2O. The number of aliphatic hydroxyl groups is 1. The molecule has 2 aliphatic rings. The van der Waals surface area contributed by atoms with Crippen LogP contribution >= 0.6 is 0 Å². The van der Waals surface area contributed by atoms with E-state index in [4.69, 9.17) is 0 Å². The summed E-state index contributed by atoms with van der Waals surface area (Å²) in [6.07, 6.45) is 2.03. The monoisotopic (exact) mass is 292 g/mol. The molecule has 0 radical (unpaired) electrons. The van der Waals surface area contributed by atoms with E-state index in [1.807, 2.05) is 30.3 Å². The second-order valence-corrected chi connectivity index (χ2v) is 5.98. The molecule has 2 heterocycles. The zero-order valence-electron chi connectivity index (χ0n) is 12.8. The summed E-state index contributed by atoms with van der Waals surface area (Å²) < 4.78 is 0. The van der Waals surface area contributed by atoms with Crippen LogP contribution in [0.5, 0.6) is 0 Å². The van der Waals surface area contributed by atoms with E-state index in [2.05, 4.69) is 35.0 Å². The fourth-order valence-electron chi connectivity index (χ4n) is 3.77. The minimum absolute atomic E-state index is 0.752. The predicted molar refractivity (Wildman–Crippen MR) is 88.0 cm³/mol. The van der Waals surface area contributed by atoms with Crippen molar-refractivity contribution in [3.05, 3.63) is 70.8 Å². The Hall–Kier alpha value is -2.13. The smallest absolute Gasteiger partial charge is 0.193 e. The molecule has 3 nitrogen and oxygen atoms in total. The van der Waals surface area contributed by atoms with Gasteiger partial charge < -0.3 is 10.0 Å². The van der Waals surface area contributed by atoms with Gasteiger partial charge in [-0.05, 0) is 12.0 Å². The number of aryl methyl sites for hydroxylation is 1. The highest BCUT2D eigenvalue weighted by atomic mass is 16.3. The molecule has 0 amide bonds. The standard InChI is InChI=1S/C19H20N2O/c1-2-7-14-8-6-11-16-17(14)19(22,15-9-4-3-5-10-15)21-13-12-20-18(16)21/h3-6,8-11,22H,2,7,12-13H2,1H3. The third-order valence-electron chi connectivity index (χ3n) is 4.67. The van der Waals surface area contributed by atoms with Crippen LogP contribution < -0.4 is 0 Å². The molecule has 0 saturated heterocycles. The van der Waals surface area contributed by atoms with Gasteiger partial charge in [-0.1, -0.05) is 61.9 Å². The third kappa shape index (κ3) is 1.69. The molecule has 2 aromatic rings. The van der Waals surface area contributed by atoms with Crippen molar-refractivity contribution in [2.24, 2.45) is 4.99 Å². The van der Waals surface area contributed by atoms with Gasteiger partial charge in [0, 0.05) is 23.2 Å². The molecule has 3 heteroatoms. The Balaban J connectivity index is 2.00. The van der Waals surface area contributed by atoms with Gasteiger partial charge in [-0.15, -0.1) is 0 Å². The lowest BCUT2D eigenvalue weighted by atomic mass is 9.88. The molecule has 0 bridgehead atoms. The van der Waals surface area contributed by atoms with E-state index in [1.54, 1.807) is 0 Å². The topological polar surface area (TPSA) is 35.8 Å². The number of amidine groups is 1. The molecular weight excluding hydrogens is 272 g/mol. The van der Waals surface area contributed by atoms with Gasteiger partial charge in [0.25, 0.3) is 0 Å². The highest BCUT2D eigenvalue weighted by Gasteiger charge is 2.50.